The van der Waals surface area contributed by atoms with Crippen LogP contribution < -0.4 is 10.1 Å². The minimum Gasteiger partial charge on any atom is -0.463 e. The molecule has 9 heteroatoms. The Morgan fingerprint density at radius 1 is 1.41 bits per heavy atom. The number of amides is 1. The van der Waals surface area contributed by atoms with Gasteiger partial charge in [0.15, 0.2) is 18.4 Å². The minimum absolute atomic E-state index is 0.145. The largest absolute Gasteiger partial charge is 0.463 e. The van der Waals surface area contributed by atoms with Gasteiger partial charge in [0.25, 0.3) is 11.8 Å². The van der Waals surface area contributed by atoms with Crippen molar-refractivity contribution in [1.82, 2.24) is 10.1 Å². The smallest absolute Gasteiger partial charge is 0.344 e. The van der Waals surface area contributed by atoms with Gasteiger partial charge in [-0.15, -0.1) is 0 Å². The standard InChI is InChI=1S/C13H12ClN3O5/c1-8-5-11(17-22-8)20-7-12(19)21-6-10(18)16-9-3-2-4-15-13(9)14/h2-5H,6-7H2,1H3,(H,16,18). The molecule has 2 aromatic heterocycles. The Morgan fingerprint density at radius 2 is 2.23 bits per heavy atom. The quantitative estimate of drug-likeness (QED) is 0.635. The second-order valence-corrected chi connectivity index (χ2v) is 4.47. The first-order chi connectivity index (χ1) is 10.5. The van der Waals surface area contributed by atoms with Gasteiger partial charge in [-0.2, -0.15) is 0 Å². The molecule has 8 nitrogen and oxygen atoms in total. The number of aryl methyl sites for hydroxylation is 1. The lowest BCUT2D eigenvalue weighted by molar-refractivity contribution is -0.149. The average molecular weight is 326 g/mol. The average Bonchev–Trinajstić information content (AvgIpc) is 2.91. The van der Waals surface area contributed by atoms with Crippen molar-refractivity contribution in [2.24, 2.45) is 0 Å². The van der Waals surface area contributed by atoms with E-state index in [0.29, 0.717) is 11.4 Å². The van der Waals surface area contributed by atoms with E-state index in [2.05, 4.69) is 15.5 Å². The van der Waals surface area contributed by atoms with Crippen molar-refractivity contribution >= 4 is 29.2 Å². The Labute approximate surface area is 130 Å². The van der Waals surface area contributed by atoms with Crippen LogP contribution in [0.25, 0.3) is 0 Å². The first-order valence-corrected chi connectivity index (χ1v) is 6.54. The summed E-state index contributed by atoms with van der Waals surface area (Å²) in [7, 11) is 0. The Hall–Kier alpha value is -2.61. The van der Waals surface area contributed by atoms with E-state index in [1.165, 1.54) is 12.3 Å². The van der Waals surface area contributed by atoms with E-state index in [4.69, 9.17) is 25.6 Å². The molecule has 0 aliphatic heterocycles. The van der Waals surface area contributed by atoms with E-state index in [0.717, 1.165) is 0 Å². The number of ether oxygens (including phenoxy) is 2. The molecule has 116 valence electrons. The summed E-state index contributed by atoms with van der Waals surface area (Å²) < 4.78 is 14.5. The minimum atomic E-state index is -0.715. The molecule has 0 aliphatic rings. The number of carbonyl (C=O) groups excluding carboxylic acids is 2. The molecule has 22 heavy (non-hydrogen) atoms. The summed E-state index contributed by atoms with van der Waals surface area (Å²) in [4.78, 5) is 26.8. The highest BCUT2D eigenvalue weighted by Crippen LogP contribution is 2.17. The maximum Gasteiger partial charge on any atom is 0.344 e. The lowest BCUT2D eigenvalue weighted by Crippen LogP contribution is -2.23. The molecule has 0 bridgehead atoms. The van der Waals surface area contributed by atoms with Crippen LogP contribution in [-0.4, -0.2) is 35.2 Å². The molecular weight excluding hydrogens is 314 g/mol. The zero-order valence-electron chi connectivity index (χ0n) is 11.5. The van der Waals surface area contributed by atoms with E-state index in [-0.39, 0.29) is 17.6 Å². The van der Waals surface area contributed by atoms with Gasteiger partial charge in [0, 0.05) is 12.3 Å². The van der Waals surface area contributed by atoms with Crippen LogP contribution in [0.5, 0.6) is 5.88 Å². The summed E-state index contributed by atoms with van der Waals surface area (Å²) >= 11 is 5.78. The van der Waals surface area contributed by atoms with Crippen molar-refractivity contribution in [1.29, 1.82) is 0 Å². The number of nitrogens with zero attached hydrogens (tertiary/aromatic N) is 2. The third-order valence-corrected chi connectivity index (χ3v) is 2.64. The van der Waals surface area contributed by atoms with E-state index >= 15 is 0 Å². The predicted octanol–water partition coefficient (Wildman–Crippen LogP) is 1.59. The number of pyridine rings is 1. The fourth-order valence-electron chi connectivity index (χ4n) is 1.40. The van der Waals surface area contributed by atoms with Gasteiger partial charge in [-0.3, -0.25) is 4.79 Å². The van der Waals surface area contributed by atoms with E-state index < -0.39 is 18.5 Å². The van der Waals surface area contributed by atoms with E-state index in [1.807, 2.05) is 0 Å². The highest BCUT2D eigenvalue weighted by atomic mass is 35.5. The molecule has 0 unspecified atom stereocenters. The molecule has 0 spiro atoms. The summed E-state index contributed by atoms with van der Waals surface area (Å²) in [5.74, 6) is -0.536. The topological polar surface area (TPSA) is 104 Å². The first-order valence-electron chi connectivity index (χ1n) is 6.16. The Balaban J connectivity index is 1.71. The van der Waals surface area contributed by atoms with Gasteiger partial charge >= 0.3 is 5.97 Å². The highest BCUT2D eigenvalue weighted by molar-refractivity contribution is 6.32. The second-order valence-electron chi connectivity index (χ2n) is 4.12. The van der Waals surface area contributed by atoms with Gasteiger partial charge in [-0.05, 0) is 24.2 Å². The molecule has 1 amide bonds. The number of anilines is 1. The monoisotopic (exact) mass is 325 g/mol. The van der Waals surface area contributed by atoms with Crippen molar-refractivity contribution in [3.63, 3.8) is 0 Å². The van der Waals surface area contributed by atoms with E-state index in [9.17, 15) is 9.59 Å². The fourth-order valence-corrected chi connectivity index (χ4v) is 1.56. The third kappa shape index (κ3) is 4.74. The van der Waals surface area contributed by atoms with Gasteiger partial charge in [0.2, 0.25) is 0 Å². The van der Waals surface area contributed by atoms with Gasteiger partial charge in [-0.1, -0.05) is 11.6 Å². The van der Waals surface area contributed by atoms with Crippen molar-refractivity contribution in [3.05, 3.63) is 35.3 Å². The van der Waals surface area contributed by atoms with Gasteiger partial charge in [0.1, 0.15) is 5.76 Å². The van der Waals surface area contributed by atoms with Crippen molar-refractivity contribution in [3.8, 4) is 5.88 Å². The van der Waals surface area contributed by atoms with Crippen LogP contribution in [0, 0.1) is 6.92 Å². The number of aromatic nitrogens is 2. The number of halogens is 1. The fraction of sp³-hybridized carbons (Fsp3) is 0.231. The maximum atomic E-state index is 11.6. The highest BCUT2D eigenvalue weighted by Gasteiger charge is 2.11. The third-order valence-electron chi connectivity index (χ3n) is 2.34. The number of hydrogen-bond acceptors (Lipinski definition) is 7. The summed E-state index contributed by atoms with van der Waals surface area (Å²) in [6.07, 6.45) is 1.49. The number of nitrogens with one attached hydrogen (secondary N) is 1. The molecule has 0 radical (unpaired) electrons. The summed E-state index contributed by atoms with van der Waals surface area (Å²) in [5, 5.41) is 6.15. The normalized spacial score (nSPS) is 10.1. The van der Waals surface area contributed by atoms with Crippen LogP contribution in [0.4, 0.5) is 5.69 Å². The van der Waals surface area contributed by atoms with Crippen LogP contribution in [0.15, 0.2) is 28.9 Å². The van der Waals surface area contributed by atoms with Crippen LogP contribution >= 0.6 is 11.6 Å². The van der Waals surface area contributed by atoms with Crippen LogP contribution in [-0.2, 0) is 14.3 Å². The zero-order valence-corrected chi connectivity index (χ0v) is 12.3. The van der Waals surface area contributed by atoms with Crippen molar-refractivity contribution < 1.29 is 23.6 Å². The SMILES string of the molecule is Cc1cc(OCC(=O)OCC(=O)Nc2cccnc2Cl)no1. The number of rotatable bonds is 6. The molecule has 0 aromatic carbocycles. The molecule has 2 heterocycles. The predicted molar refractivity (Wildman–Crippen MR) is 75.6 cm³/mol. The number of carbonyl (C=O) groups is 2. The van der Waals surface area contributed by atoms with Crippen LogP contribution in [0.3, 0.4) is 0 Å². The van der Waals surface area contributed by atoms with Gasteiger partial charge < -0.3 is 19.3 Å². The lowest BCUT2D eigenvalue weighted by atomic mass is 10.4. The second kappa shape index (κ2) is 7.41. The Kier molecular flexibility index (Phi) is 5.31. The molecule has 2 aromatic rings. The zero-order chi connectivity index (χ0) is 15.9. The van der Waals surface area contributed by atoms with E-state index in [1.54, 1.807) is 19.1 Å². The molecule has 0 saturated carbocycles. The molecular formula is C13H12ClN3O5. The number of esters is 1. The molecule has 0 aliphatic carbocycles. The summed E-state index contributed by atoms with van der Waals surface area (Å²) in [5.41, 5.74) is 0.333. The van der Waals surface area contributed by atoms with Crippen molar-refractivity contribution in [2.45, 2.75) is 6.92 Å². The molecule has 0 atom stereocenters. The lowest BCUT2D eigenvalue weighted by Gasteiger charge is -2.07. The molecule has 0 fully saturated rings. The number of hydrogen-bond donors (Lipinski definition) is 1. The van der Waals surface area contributed by atoms with Crippen LogP contribution in [0.1, 0.15) is 5.76 Å². The van der Waals surface area contributed by atoms with Crippen LogP contribution in [0.2, 0.25) is 5.15 Å². The molecule has 1 N–H and O–H groups in total. The van der Waals surface area contributed by atoms with Crippen molar-refractivity contribution in [2.75, 3.05) is 18.5 Å². The van der Waals surface area contributed by atoms with Gasteiger partial charge in [-0.25, -0.2) is 9.78 Å². The molecule has 0 saturated heterocycles. The summed E-state index contributed by atoms with van der Waals surface area (Å²) in [6, 6.07) is 4.71. The Morgan fingerprint density at radius 3 is 2.91 bits per heavy atom. The Bertz CT molecular complexity index is 673. The molecule has 2 rings (SSSR count). The maximum absolute atomic E-state index is 11.6. The van der Waals surface area contributed by atoms with Gasteiger partial charge in [0.05, 0.1) is 5.69 Å². The first kappa shape index (κ1) is 15.8. The summed E-state index contributed by atoms with van der Waals surface area (Å²) in [6.45, 7) is 0.838.